The summed E-state index contributed by atoms with van der Waals surface area (Å²) < 4.78 is 16.9. The third-order valence-electron chi connectivity index (χ3n) is 13.2. The highest BCUT2D eigenvalue weighted by Gasteiger charge is 2.19. The fourth-order valence-electron chi connectivity index (χ4n) is 8.60. The van der Waals surface area contributed by atoms with Crippen LogP contribution in [-0.4, -0.2) is 37.2 Å². The SMILES string of the molecule is CC/C=C\C/C=C\C/C=C\C/C=C\CCCCCCCCCCCCC(=O)OCC(COC(=O)CCCCCCC/C=C\CCCCCCCC)OC(=O)CCCCCCC/C=C\CCCCCCCC. The van der Waals surface area contributed by atoms with Crippen molar-refractivity contribution in [2.45, 2.75) is 309 Å². The predicted molar refractivity (Wildman–Crippen MR) is 307 cm³/mol. The standard InChI is InChI=1S/C65H114O6/c1-4-7-10-13-16-19-22-25-28-29-30-31-32-33-34-35-38-40-43-46-49-52-55-58-64(67)70-61-62(71-65(68)59-56-53-50-47-44-41-37-27-24-21-18-15-12-9-6-3)60-69-63(66)57-54-51-48-45-42-39-36-26-23-20-17-14-11-8-5-2/h7,10,16,19,25-28,30-31,36-37,62H,4-6,8-9,11-15,17-18,20-24,29,32-35,38-61H2,1-3H3/b10-7-,19-16-,28-25-,31-30-,36-26-,37-27-. The van der Waals surface area contributed by atoms with Gasteiger partial charge in [0.25, 0.3) is 0 Å². The third-order valence-corrected chi connectivity index (χ3v) is 13.2. The molecule has 410 valence electrons. The van der Waals surface area contributed by atoms with Crippen LogP contribution in [0.4, 0.5) is 0 Å². The Labute approximate surface area is 440 Å². The molecule has 0 spiro atoms. The van der Waals surface area contributed by atoms with Crippen LogP contribution in [0.1, 0.15) is 303 Å². The van der Waals surface area contributed by atoms with Crippen LogP contribution in [0.15, 0.2) is 72.9 Å². The first-order chi connectivity index (χ1) is 35.0. The highest BCUT2D eigenvalue weighted by molar-refractivity contribution is 5.71. The van der Waals surface area contributed by atoms with Gasteiger partial charge in [-0.3, -0.25) is 14.4 Å². The van der Waals surface area contributed by atoms with E-state index in [1.807, 2.05) is 0 Å². The quantitative estimate of drug-likeness (QED) is 0.0261. The van der Waals surface area contributed by atoms with Gasteiger partial charge in [0, 0.05) is 19.3 Å². The highest BCUT2D eigenvalue weighted by atomic mass is 16.6. The van der Waals surface area contributed by atoms with E-state index in [1.165, 1.54) is 161 Å². The second kappa shape index (κ2) is 59.4. The molecule has 1 unspecified atom stereocenters. The van der Waals surface area contributed by atoms with Crippen LogP contribution in [-0.2, 0) is 28.6 Å². The van der Waals surface area contributed by atoms with Crippen LogP contribution in [0.2, 0.25) is 0 Å². The molecular weight excluding hydrogens is 877 g/mol. The van der Waals surface area contributed by atoms with Gasteiger partial charge in [-0.15, -0.1) is 0 Å². The third kappa shape index (κ3) is 57.6. The van der Waals surface area contributed by atoms with Crippen molar-refractivity contribution in [2.75, 3.05) is 13.2 Å². The normalized spacial score (nSPS) is 12.5. The highest BCUT2D eigenvalue weighted by Crippen LogP contribution is 2.16. The number of allylic oxidation sites excluding steroid dienone is 12. The van der Waals surface area contributed by atoms with Crippen molar-refractivity contribution < 1.29 is 28.6 Å². The van der Waals surface area contributed by atoms with E-state index in [2.05, 4.69) is 93.7 Å². The molecule has 0 aromatic rings. The van der Waals surface area contributed by atoms with Crippen LogP contribution in [0, 0.1) is 0 Å². The Hall–Kier alpha value is -3.15. The average Bonchev–Trinajstić information content (AvgIpc) is 3.37. The largest absolute Gasteiger partial charge is 0.462 e. The van der Waals surface area contributed by atoms with Crippen LogP contribution in [0.5, 0.6) is 0 Å². The summed E-state index contributed by atoms with van der Waals surface area (Å²) in [5.41, 5.74) is 0. The molecule has 0 saturated heterocycles. The van der Waals surface area contributed by atoms with Gasteiger partial charge < -0.3 is 14.2 Å². The summed E-state index contributed by atoms with van der Waals surface area (Å²) in [5, 5.41) is 0. The number of esters is 3. The molecular formula is C65H114O6. The van der Waals surface area contributed by atoms with Gasteiger partial charge in [-0.05, 0) is 109 Å². The van der Waals surface area contributed by atoms with Crippen molar-refractivity contribution in [3.63, 3.8) is 0 Å². The monoisotopic (exact) mass is 991 g/mol. The molecule has 0 aromatic carbocycles. The van der Waals surface area contributed by atoms with E-state index >= 15 is 0 Å². The summed E-state index contributed by atoms with van der Waals surface area (Å²) in [6, 6.07) is 0. The average molecular weight is 992 g/mol. The molecule has 0 amide bonds. The van der Waals surface area contributed by atoms with Crippen molar-refractivity contribution in [3.8, 4) is 0 Å². The van der Waals surface area contributed by atoms with Gasteiger partial charge in [0.15, 0.2) is 6.10 Å². The van der Waals surface area contributed by atoms with E-state index in [1.54, 1.807) is 0 Å². The van der Waals surface area contributed by atoms with E-state index in [4.69, 9.17) is 14.2 Å². The molecule has 0 rings (SSSR count). The van der Waals surface area contributed by atoms with Crippen LogP contribution in [0.25, 0.3) is 0 Å². The van der Waals surface area contributed by atoms with Gasteiger partial charge >= 0.3 is 17.9 Å². The first kappa shape index (κ1) is 67.8. The lowest BCUT2D eigenvalue weighted by atomic mass is 10.1. The number of ether oxygens (including phenoxy) is 3. The van der Waals surface area contributed by atoms with E-state index in [-0.39, 0.29) is 31.1 Å². The molecule has 0 aliphatic carbocycles. The Morgan fingerprint density at radius 3 is 0.873 bits per heavy atom. The second-order valence-electron chi connectivity index (χ2n) is 20.2. The Kier molecular flexibility index (Phi) is 56.8. The summed E-state index contributed by atoms with van der Waals surface area (Å²) in [7, 11) is 0. The summed E-state index contributed by atoms with van der Waals surface area (Å²) in [5.74, 6) is -0.892. The van der Waals surface area contributed by atoms with Gasteiger partial charge in [0.05, 0.1) is 0 Å². The summed E-state index contributed by atoms with van der Waals surface area (Å²) >= 11 is 0. The minimum atomic E-state index is -0.785. The van der Waals surface area contributed by atoms with Crippen LogP contribution in [0.3, 0.4) is 0 Å². The lowest BCUT2D eigenvalue weighted by Crippen LogP contribution is -2.30. The molecule has 1 atom stereocenters. The van der Waals surface area contributed by atoms with Crippen LogP contribution < -0.4 is 0 Å². The second-order valence-corrected chi connectivity index (χ2v) is 20.2. The van der Waals surface area contributed by atoms with Crippen molar-refractivity contribution in [1.82, 2.24) is 0 Å². The summed E-state index contributed by atoms with van der Waals surface area (Å²) in [6.45, 7) is 6.53. The van der Waals surface area contributed by atoms with E-state index in [0.717, 1.165) is 103 Å². The van der Waals surface area contributed by atoms with Gasteiger partial charge in [0.2, 0.25) is 0 Å². The van der Waals surface area contributed by atoms with Crippen LogP contribution >= 0.6 is 0 Å². The van der Waals surface area contributed by atoms with Gasteiger partial charge in [-0.1, -0.05) is 248 Å². The van der Waals surface area contributed by atoms with E-state index in [0.29, 0.717) is 19.3 Å². The lowest BCUT2D eigenvalue weighted by Gasteiger charge is -2.18. The van der Waals surface area contributed by atoms with Gasteiger partial charge in [-0.2, -0.15) is 0 Å². The van der Waals surface area contributed by atoms with Crippen molar-refractivity contribution in [2.24, 2.45) is 0 Å². The topological polar surface area (TPSA) is 78.9 Å². The molecule has 6 heteroatoms. The van der Waals surface area contributed by atoms with Crippen molar-refractivity contribution >= 4 is 17.9 Å². The minimum absolute atomic E-state index is 0.0823. The van der Waals surface area contributed by atoms with Gasteiger partial charge in [0.1, 0.15) is 13.2 Å². The number of unbranched alkanes of at least 4 members (excludes halogenated alkanes) is 32. The molecule has 0 aromatic heterocycles. The fraction of sp³-hybridized carbons (Fsp3) is 0.769. The Morgan fingerprint density at radius 2 is 0.549 bits per heavy atom. The van der Waals surface area contributed by atoms with E-state index in [9.17, 15) is 14.4 Å². The molecule has 71 heavy (non-hydrogen) atoms. The number of carbonyl (C=O) groups is 3. The number of carbonyl (C=O) groups excluding carboxylic acids is 3. The minimum Gasteiger partial charge on any atom is -0.462 e. The molecule has 0 aliphatic rings. The first-order valence-electron chi connectivity index (χ1n) is 30.4. The Bertz CT molecular complexity index is 1320. The van der Waals surface area contributed by atoms with Crippen molar-refractivity contribution in [3.05, 3.63) is 72.9 Å². The maximum Gasteiger partial charge on any atom is 0.306 e. The maximum absolute atomic E-state index is 12.9. The molecule has 0 aliphatic heterocycles. The molecule has 0 heterocycles. The zero-order valence-corrected chi connectivity index (χ0v) is 47.0. The smallest absolute Gasteiger partial charge is 0.306 e. The van der Waals surface area contributed by atoms with E-state index < -0.39 is 6.10 Å². The lowest BCUT2D eigenvalue weighted by molar-refractivity contribution is -0.167. The molecule has 0 fully saturated rings. The first-order valence-corrected chi connectivity index (χ1v) is 30.4. The number of hydrogen-bond acceptors (Lipinski definition) is 6. The summed E-state index contributed by atoms with van der Waals surface area (Å²) in [4.78, 5) is 38.2. The van der Waals surface area contributed by atoms with Gasteiger partial charge in [-0.25, -0.2) is 0 Å². The molecule has 6 nitrogen and oxygen atoms in total. The fourth-order valence-corrected chi connectivity index (χ4v) is 8.60. The Morgan fingerprint density at radius 1 is 0.296 bits per heavy atom. The maximum atomic E-state index is 12.9. The zero-order chi connectivity index (χ0) is 51.4. The van der Waals surface area contributed by atoms with Crippen molar-refractivity contribution in [1.29, 1.82) is 0 Å². The molecule has 0 radical (unpaired) electrons. The number of hydrogen-bond donors (Lipinski definition) is 0. The molecule has 0 saturated carbocycles. The summed E-state index contributed by atoms with van der Waals surface area (Å²) in [6.07, 6.45) is 76.1. The predicted octanol–water partition coefficient (Wildman–Crippen LogP) is 20.5. The zero-order valence-electron chi connectivity index (χ0n) is 47.0. The number of rotatable bonds is 55. The Balaban J connectivity index is 4.35. The molecule has 0 N–H and O–H groups in total. The molecule has 0 bridgehead atoms.